The van der Waals surface area contributed by atoms with E-state index in [9.17, 15) is 28.8 Å². The van der Waals surface area contributed by atoms with Gasteiger partial charge in [-0.1, -0.05) is 27.7 Å². The zero-order chi connectivity index (χ0) is 35.9. The number of carbonyl (C=O) groups excluding carboxylic acids is 4. The minimum absolute atomic E-state index is 0.0833. The van der Waals surface area contributed by atoms with E-state index in [0.717, 1.165) is 25.7 Å². The molecule has 3 aromatic rings. The van der Waals surface area contributed by atoms with Crippen molar-refractivity contribution in [3.63, 3.8) is 0 Å². The number of hydrogen-bond acceptors (Lipinski definition) is 10. The lowest BCUT2D eigenvalue weighted by molar-refractivity contribution is 0.0490. The summed E-state index contributed by atoms with van der Waals surface area (Å²) in [5.41, 5.74) is 1.93. The third-order valence-electron chi connectivity index (χ3n) is 5.84. The van der Waals surface area contributed by atoms with Crippen molar-refractivity contribution in [1.82, 2.24) is 0 Å². The molecule has 258 valence electrons. The van der Waals surface area contributed by atoms with E-state index < -0.39 is 11.9 Å². The molecule has 0 saturated heterocycles. The van der Waals surface area contributed by atoms with E-state index in [4.69, 9.17) is 29.2 Å². The molecule has 12 nitrogen and oxygen atoms in total. The molecule has 0 amide bonds. The van der Waals surface area contributed by atoms with Gasteiger partial charge in [0.1, 0.15) is 0 Å². The Morgan fingerprint density at radius 3 is 0.688 bits per heavy atom. The van der Waals surface area contributed by atoms with E-state index in [0.29, 0.717) is 48.7 Å². The van der Waals surface area contributed by atoms with E-state index in [2.05, 4.69) is 0 Å². The second-order valence-electron chi connectivity index (χ2n) is 9.89. The van der Waals surface area contributed by atoms with E-state index in [-0.39, 0.29) is 35.0 Å². The van der Waals surface area contributed by atoms with Crippen LogP contribution < -0.4 is 0 Å². The van der Waals surface area contributed by atoms with Gasteiger partial charge in [0, 0.05) is 0 Å². The topological polar surface area (TPSA) is 180 Å². The molecule has 12 heteroatoms. The highest BCUT2D eigenvalue weighted by Crippen LogP contribution is 2.09. The summed E-state index contributed by atoms with van der Waals surface area (Å²) in [6.45, 7) is 9.33. The van der Waals surface area contributed by atoms with Gasteiger partial charge in [-0.25, -0.2) is 28.8 Å². The highest BCUT2D eigenvalue weighted by molar-refractivity contribution is 5.94. The van der Waals surface area contributed by atoms with E-state index in [1.54, 1.807) is 48.5 Å². The molecule has 0 radical (unpaired) electrons. The van der Waals surface area contributed by atoms with Gasteiger partial charge >= 0.3 is 35.8 Å². The highest BCUT2D eigenvalue weighted by atomic mass is 16.5. The lowest BCUT2D eigenvalue weighted by Crippen LogP contribution is -2.08. The molecule has 0 saturated carbocycles. The Bertz CT molecular complexity index is 1270. The monoisotopic (exact) mass is 666 g/mol. The predicted octanol–water partition coefficient (Wildman–Crippen LogP) is 6.72. The molecule has 0 heterocycles. The third kappa shape index (κ3) is 15.2. The van der Waals surface area contributed by atoms with Crippen LogP contribution in [-0.2, 0) is 18.9 Å². The second-order valence-corrected chi connectivity index (χ2v) is 9.89. The van der Waals surface area contributed by atoms with Crippen molar-refractivity contribution in [2.24, 2.45) is 0 Å². The largest absolute Gasteiger partial charge is 0.478 e. The molecule has 3 aromatic carbocycles. The van der Waals surface area contributed by atoms with E-state index >= 15 is 0 Å². The molecule has 3 rings (SSSR count). The van der Waals surface area contributed by atoms with Crippen LogP contribution in [0.4, 0.5) is 0 Å². The first-order valence-electron chi connectivity index (χ1n) is 15.4. The highest BCUT2D eigenvalue weighted by Gasteiger charge is 2.11. The third-order valence-corrected chi connectivity index (χ3v) is 5.84. The molecular formula is C36H42O12. The molecular weight excluding hydrogens is 624 g/mol. The Hall–Kier alpha value is -5.52. The van der Waals surface area contributed by atoms with Crippen molar-refractivity contribution in [3.05, 3.63) is 106 Å². The molecule has 48 heavy (non-hydrogen) atoms. The van der Waals surface area contributed by atoms with Crippen LogP contribution in [0.2, 0.25) is 0 Å². The van der Waals surface area contributed by atoms with Gasteiger partial charge in [0.15, 0.2) is 0 Å². The molecule has 0 aliphatic heterocycles. The van der Waals surface area contributed by atoms with Crippen molar-refractivity contribution in [2.45, 2.75) is 53.4 Å². The van der Waals surface area contributed by atoms with Gasteiger partial charge in [0.25, 0.3) is 0 Å². The van der Waals surface area contributed by atoms with Gasteiger partial charge in [-0.05, 0) is 98.5 Å². The second kappa shape index (κ2) is 22.9. The Kier molecular flexibility index (Phi) is 19.3. The lowest BCUT2D eigenvalue weighted by Gasteiger charge is -2.05. The van der Waals surface area contributed by atoms with Gasteiger partial charge in [-0.3, -0.25) is 0 Å². The smallest absolute Gasteiger partial charge is 0.338 e. The summed E-state index contributed by atoms with van der Waals surface area (Å²) < 4.78 is 19.9. The van der Waals surface area contributed by atoms with Crippen molar-refractivity contribution in [2.75, 3.05) is 26.4 Å². The number of ether oxygens (including phenoxy) is 4. The maximum Gasteiger partial charge on any atom is 0.338 e. The number of rotatable bonds is 14. The molecule has 0 bridgehead atoms. The van der Waals surface area contributed by atoms with Crippen LogP contribution in [0.1, 0.15) is 116 Å². The first kappa shape index (κ1) is 40.5. The fourth-order valence-electron chi connectivity index (χ4n) is 3.35. The number of benzene rings is 3. The zero-order valence-electron chi connectivity index (χ0n) is 27.6. The number of esters is 4. The molecule has 2 N–H and O–H groups in total. The summed E-state index contributed by atoms with van der Waals surface area (Å²) in [7, 11) is 0. The summed E-state index contributed by atoms with van der Waals surface area (Å²) in [5, 5.41) is 16.9. The van der Waals surface area contributed by atoms with Gasteiger partial charge in [-0.2, -0.15) is 0 Å². The van der Waals surface area contributed by atoms with Gasteiger partial charge in [-0.15, -0.1) is 0 Å². The van der Waals surface area contributed by atoms with Gasteiger partial charge in [0.2, 0.25) is 0 Å². The summed E-state index contributed by atoms with van der Waals surface area (Å²) in [4.78, 5) is 66.7. The normalized spacial score (nSPS) is 9.75. The predicted molar refractivity (Wildman–Crippen MR) is 176 cm³/mol. The van der Waals surface area contributed by atoms with Crippen LogP contribution in [0.25, 0.3) is 0 Å². The molecule has 0 spiro atoms. The Labute approximate surface area is 279 Å². The van der Waals surface area contributed by atoms with Gasteiger partial charge in [0.05, 0.1) is 59.8 Å². The maximum atomic E-state index is 11.5. The Morgan fingerprint density at radius 2 is 0.542 bits per heavy atom. The Morgan fingerprint density at radius 1 is 0.375 bits per heavy atom. The van der Waals surface area contributed by atoms with Crippen LogP contribution in [0.3, 0.4) is 0 Å². The number of carboxylic acids is 2. The first-order chi connectivity index (χ1) is 23.0. The van der Waals surface area contributed by atoms with Crippen LogP contribution >= 0.6 is 0 Å². The van der Waals surface area contributed by atoms with Gasteiger partial charge < -0.3 is 29.2 Å². The standard InChI is InChI=1S/2C14H18O4.C8H6O4/c2*1-3-9-17-13(15)11-5-7-12(8-6-11)14(16)18-10-4-2;9-7(10)5-1-2-6(4-3-5)8(11)12/h2*5-8H,3-4,9-10H2,1-2H3;1-4H,(H,9,10)(H,11,12). The number of hydrogen-bond donors (Lipinski definition) is 2. The van der Waals surface area contributed by atoms with Crippen molar-refractivity contribution in [3.8, 4) is 0 Å². The fraction of sp³-hybridized carbons (Fsp3) is 0.333. The van der Waals surface area contributed by atoms with Crippen LogP contribution in [0.5, 0.6) is 0 Å². The molecule has 0 aromatic heterocycles. The first-order valence-corrected chi connectivity index (χ1v) is 15.4. The summed E-state index contributed by atoms with van der Waals surface area (Å²) in [5.74, 6) is -3.61. The lowest BCUT2D eigenvalue weighted by atomic mass is 10.1. The molecule has 0 unspecified atom stereocenters. The number of carboxylic acid groups (broad SMARTS) is 2. The summed E-state index contributed by atoms with van der Waals surface area (Å²) in [6.07, 6.45) is 3.14. The summed E-state index contributed by atoms with van der Waals surface area (Å²) in [6, 6.07) is 17.6. The minimum Gasteiger partial charge on any atom is -0.478 e. The molecule has 0 fully saturated rings. The zero-order valence-corrected chi connectivity index (χ0v) is 27.6. The Balaban J connectivity index is 0.000000368. The molecule has 0 atom stereocenters. The quantitative estimate of drug-likeness (QED) is 0.137. The van der Waals surface area contributed by atoms with Crippen LogP contribution in [-0.4, -0.2) is 72.5 Å². The number of carbonyl (C=O) groups is 6. The molecule has 0 aliphatic carbocycles. The van der Waals surface area contributed by atoms with E-state index in [1.807, 2.05) is 27.7 Å². The van der Waals surface area contributed by atoms with Crippen molar-refractivity contribution in [1.29, 1.82) is 0 Å². The SMILES string of the molecule is CCCOC(=O)c1ccc(C(=O)OCCC)cc1.CCCOC(=O)c1ccc(C(=O)OCCC)cc1.O=C(O)c1ccc(C(=O)O)cc1. The van der Waals surface area contributed by atoms with Crippen LogP contribution in [0.15, 0.2) is 72.8 Å². The average Bonchev–Trinajstić information content (AvgIpc) is 3.11. The molecule has 0 aliphatic rings. The minimum atomic E-state index is -1.06. The maximum absolute atomic E-state index is 11.5. The van der Waals surface area contributed by atoms with Crippen molar-refractivity contribution >= 4 is 35.8 Å². The number of aromatic carboxylic acids is 2. The average molecular weight is 667 g/mol. The van der Waals surface area contributed by atoms with Crippen LogP contribution in [0, 0.1) is 0 Å². The van der Waals surface area contributed by atoms with E-state index in [1.165, 1.54) is 24.3 Å². The summed E-state index contributed by atoms with van der Waals surface area (Å²) >= 11 is 0. The fourth-order valence-corrected chi connectivity index (χ4v) is 3.35. The van der Waals surface area contributed by atoms with Crippen molar-refractivity contribution < 1.29 is 57.9 Å².